The average molecular weight is 250 g/mol. The van der Waals surface area contributed by atoms with E-state index in [0.29, 0.717) is 6.61 Å². The van der Waals surface area contributed by atoms with Crippen LogP contribution in [0.2, 0.25) is 0 Å². The van der Waals surface area contributed by atoms with Gasteiger partial charge < -0.3 is 9.47 Å². The molecule has 1 heterocycles. The fourth-order valence-electron chi connectivity index (χ4n) is 2.06. The highest BCUT2D eigenvalue weighted by Gasteiger charge is 2.40. The van der Waals surface area contributed by atoms with Crippen LogP contribution in [0.15, 0.2) is 37.0 Å². The maximum Gasteiger partial charge on any atom is 0.314 e. The number of carbonyl (C=O) groups excluding carboxylic acids is 1. The van der Waals surface area contributed by atoms with E-state index < -0.39 is 5.41 Å². The number of hydrogen-bond donors (Lipinski definition) is 0. The second-order valence-corrected chi connectivity index (χ2v) is 4.55. The Hall–Kier alpha value is -1.35. The fraction of sp³-hybridized carbons (Fsp3) is 0.533. The summed E-state index contributed by atoms with van der Waals surface area (Å²) >= 11 is 0. The molecule has 1 atom stereocenters. The predicted octanol–water partition coefficient (Wildman–Crippen LogP) is 3.03. The first-order valence-corrected chi connectivity index (χ1v) is 6.37. The standard InChI is InChI=1S/C15H22O3/c1-4-8-13(5-2)11-18-14(16)15(6-3)9-7-10-17-12-15/h4-5,8H,1-2,6-7,9-12H2,3H3/b13-8+. The topological polar surface area (TPSA) is 35.5 Å². The summed E-state index contributed by atoms with van der Waals surface area (Å²) in [6, 6.07) is 0. The number of hydrogen-bond acceptors (Lipinski definition) is 3. The van der Waals surface area contributed by atoms with E-state index in [-0.39, 0.29) is 12.6 Å². The molecule has 1 fully saturated rings. The van der Waals surface area contributed by atoms with Crippen molar-refractivity contribution in [1.29, 1.82) is 0 Å². The first-order chi connectivity index (χ1) is 8.68. The molecule has 18 heavy (non-hydrogen) atoms. The molecule has 100 valence electrons. The fourth-order valence-corrected chi connectivity index (χ4v) is 2.06. The van der Waals surface area contributed by atoms with Gasteiger partial charge in [-0.15, -0.1) is 0 Å². The zero-order valence-electron chi connectivity index (χ0n) is 11.1. The largest absolute Gasteiger partial charge is 0.460 e. The van der Waals surface area contributed by atoms with Gasteiger partial charge in [0, 0.05) is 6.61 Å². The number of rotatable bonds is 6. The summed E-state index contributed by atoms with van der Waals surface area (Å²) in [6.07, 6.45) is 7.63. The van der Waals surface area contributed by atoms with Gasteiger partial charge in [0.1, 0.15) is 6.61 Å². The van der Waals surface area contributed by atoms with E-state index in [1.165, 1.54) is 0 Å². The summed E-state index contributed by atoms with van der Waals surface area (Å²) in [5.41, 5.74) is 0.389. The molecule has 3 heteroatoms. The summed E-state index contributed by atoms with van der Waals surface area (Å²) in [5, 5.41) is 0. The van der Waals surface area contributed by atoms with Gasteiger partial charge in [0.2, 0.25) is 0 Å². The summed E-state index contributed by atoms with van der Waals surface area (Å²) in [5.74, 6) is -0.165. The summed E-state index contributed by atoms with van der Waals surface area (Å²) in [7, 11) is 0. The first-order valence-electron chi connectivity index (χ1n) is 6.37. The highest BCUT2D eigenvalue weighted by atomic mass is 16.5. The lowest BCUT2D eigenvalue weighted by atomic mass is 9.80. The zero-order valence-corrected chi connectivity index (χ0v) is 11.1. The molecule has 1 unspecified atom stereocenters. The van der Waals surface area contributed by atoms with E-state index in [1.807, 2.05) is 6.92 Å². The molecule has 1 aliphatic rings. The van der Waals surface area contributed by atoms with Crippen molar-refractivity contribution in [1.82, 2.24) is 0 Å². The van der Waals surface area contributed by atoms with Crippen LogP contribution in [-0.4, -0.2) is 25.8 Å². The predicted molar refractivity (Wildman–Crippen MR) is 72.2 cm³/mol. The van der Waals surface area contributed by atoms with Crippen LogP contribution in [0.25, 0.3) is 0 Å². The highest BCUT2D eigenvalue weighted by Crippen LogP contribution is 2.33. The second-order valence-electron chi connectivity index (χ2n) is 4.55. The molecule has 0 aromatic heterocycles. The van der Waals surface area contributed by atoms with Crippen molar-refractivity contribution >= 4 is 5.97 Å². The van der Waals surface area contributed by atoms with Gasteiger partial charge in [0.15, 0.2) is 0 Å². The van der Waals surface area contributed by atoms with Gasteiger partial charge >= 0.3 is 5.97 Å². The Labute approximate surface area is 109 Å². The molecule has 0 N–H and O–H groups in total. The summed E-state index contributed by atoms with van der Waals surface area (Å²) in [6.45, 7) is 10.7. The minimum absolute atomic E-state index is 0.165. The average Bonchev–Trinajstić information content (AvgIpc) is 2.43. The molecule has 0 bridgehead atoms. The van der Waals surface area contributed by atoms with E-state index in [1.54, 1.807) is 18.2 Å². The maximum atomic E-state index is 12.2. The normalized spacial score (nSPS) is 24.4. The Morgan fingerprint density at radius 1 is 1.50 bits per heavy atom. The Morgan fingerprint density at radius 2 is 2.28 bits per heavy atom. The van der Waals surface area contributed by atoms with Crippen LogP contribution in [0.4, 0.5) is 0 Å². The van der Waals surface area contributed by atoms with Gasteiger partial charge in [-0.1, -0.05) is 38.3 Å². The van der Waals surface area contributed by atoms with Crippen LogP contribution in [0.1, 0.15) is 26.2 Å². The Kier molecular flexibility index (Phi) is 5.86. The lowest BCUT2D eigenvalue weighted by Gasteiger charge is -2.33. The van der Waals surface area contributed by atoms with E-state index in [4.69, 9.17) is 9.47 Å². The lowest BCUT2D eigenvalue weighted by molar-refractivity contribution is -0.163. The molecule has 1 aliphatic heterocycles. The van der Waals surface area contributed by atoms with Gasteiger partial charge in [0.25, 0.3) is 0 Å². The molecule has 0 spiro atoms. The molecule has 0 amide bonds. The third-order valence-electron chi connectivity index (χ3n) is 3.40. The van der Waals surface area contributed by atoms with Crippen molar-refractivity contribution in [2.75, 3.05) is 19.8 Å². The number of esters is 1. The molecule has 1 saturated heterocycles. The molecule has 0 aromatic rings. The van der Waals surface area contributed by atoms with Crippen LogP contribution >= 0.6 is 0 Å². The van der Waals surface area contributed by atoms with E-state index in [2.05, 4.69) is 13.2 Å². The second kappa shape index (κ2) is 7.17. The van der Waals surface area contributed by atoms with Crippen molar-refractivity contribution in [3.05, 3.63) is 37.0 Å². The molecular weight excluding hydrogens is 228 g/mol. The molecule has 0 aliphatic carbocycles. The van der Waals surface area contributed by atoms with E-state index in [9.17, 15) is 4.79 Å². The first kappa shape index (κ1) is 14.7. The minimum Gasteiger partial charge on any atom is -0.460 e. The van der Waals surface area contributed by atoms with Crippen molar-refractivity contribution in [2.45, 2.75) is 26.2 Å². The third kappa shape index (κ3) is 3.57. The Bertz CT molecular complexity index is 336. The maximum absolute atomic E-state index is 12.2. The Morgan fingerprint density at radius 3 is 2.78 bits per heavy atom. The monoisotopic (exact) mass is 250 g/mol. The van der Waals surface area contributed by atoms with E-state index in [0.717, 1.165) is 31.4 Å². The summed E-state index contributed by atoms with van der Waals surface area (Å²) < 4.78 is 10.8. The molecule has 3 nitrogen and oxygen atoms in total. The molecule has 0 radical (unpaired) electrons. The molecule has 0 aromatic carbocycles. The third-order valence-corrected chi connectivity index (χ3v) is 3.40. The zero-order chi connectivity index (χ0) is 13.4. The lowest BCUT2D eigenvalue weighted by Crippen LogP contribution is -2.40. The van der Waals surface area contributed by atoms with E-state index >= 15 is 0 Å². The van der Waals surface area contributed by atoms with Crippen LogP contribution in [0.3, 0.4) is 0 Å². The molecule has 0 saturated carbocycles. The van der Waals surface area contributed by atoms with Crippen molar-refractivity contribution in [2.24, 2.45) is 5.41 Å². The Balaban J connectivity index is 2.60. The van der Waals surface area contributed by atoms with Crippen LogP contribution < -0.4 is 0 Å². The van der Waals surface area contributed by atoms with Crippen LogP contribution in [0.5, 0.6) is 0 Å². The van der Waals surface area contributed by atoms with Gasteiger partial charge in [0.05, 0.1) is 12.0 Å². The minimum atomic E-state index is -0.460. The number of carbonyl (C=O) groups is 1. The smallest absolute Gasteiger partial charge is 0.314 e. The highest BCUT2D eigenvalue weighted by molar-refractivity contribution is 5.77. The van der Waals surface area contributed by atoms with Crippen molar-refractivity contribution in [3.63, 3.8) is 0 Å². The summed E-state index contributed by atoms with van der Waals surface area (Å²) in [4.78, 5) is 12.2. The van der Waals surface area contributed by atoms with Crippen molar-refractivity contribution in [3.8, 4) is 0 Å². The van der Waals surface area contributed by atoms with Crippen LogP contribution in [0, 0.1) is 5.41 Å². The number of ether oxygens (including phenoxy) is 2. The van der Waals surface area contributed by atoms with Crippen molar-refractivity contribution < 1.29 is 14.3 Å². The molecule has 1 rings (SSSR count). The molecular formula is C15H22O3. The van der Waals surface area contributed by atoms with Gasteiger partial charge in [-0.25, -0.2) is 0 Å². The quantitative estimate of drug-likeness (QED) is 0.537. The van der Waals surface area contributed by atoms with Gasteiger partial charge in [-0.3, -0.25) is 4.79 Å². The van der Waals surface area contributed by atoms with Gasteiger partial charge in [-0.2, -0.15) is 0 Å². The van der Waals surface area contributed by atoms with Gasteiger partial charge in [-0.05, 0) is 24.8 Å². The van der Waals surface area contributed by atoms with Crippen LogP contribution in [-0.2, 0) is 14.3 Å². The SMILES string of the molecule is C=C/C=C(\C=C)COC(=O)C1(CC)CCCOC1. The number of allylic oxidation sites excluding steroid dienone is 2.